The molecule has 3 amide bonds. The minimum absolute atomic E-state index is 0.112. The standard InChI is InChI=1S/C10H18N4O3/c11-9(15)8-7-12-1-2-14(8)10(16)13-3-5-17-6-4-13/h8,12H,1-7H2,(H2,11,15). The summed E-state index contributed by atoms with van der Waals surface area (Å²) in [4.78, 5) is 26.8. The van der Waals surface area contributed by atoms with Crippen LogP contribution in [0.3, 0.4) is 0 Å². The first-order valence-electron chi connectivity index (χ1n) is 5.83. The molecule has 96 valence electrons. The van der Waals surface area contributed by atoms with Gasteiger partial charge in [0.15, 0.2) is 0 Å². The van der Waals surface area contributed by atoms with Crippen LogP contribution in [0, 0.1) is 0 Å². The quantitative estimate of drug-likeness (QED) is 0.568. The van der Waals surface area contributed by atoms with Crippen LogP contribution in [0.1, 0.15) is 0 Å². The molecule has 1 unspecified atom stereocenters. The first-order chi connectivity index (χ1) is 8.20. The number of ether oxygens (including phenoxy) is 1. The Bertz CT molecular complexity index is 304. The van der Waals surface area contributed by atoms with E-state index in [0.717, 1.165) is 0 Å². The van der Waals surface area contributed by atoms with Crippen LogP contribution in [0.25, 0.3) is 0 Å². The van der Waals surface area contributed by atoms with Crippen LogP contribution in [-0.4, -0.2) is 73.7 Å². The van der Waals surface area contributed by atoms with Crippen LogP contribution in [0.4, 0.5) is 4.79 Å². The fraction of sp³-hybridized carbons (Fsp3) is 0.800. The third-order valence-corrected chi connectivity index (χ3v) is 3.10. The van der Waals surface area contributed by atoms with Gasteiger partial charge in [0.2, 0.25) is 5.91 Å². The van der Waals surface area contributed by atoms with Gasteiger partial charge in [0, 0.05) is 32.7 Å². The summed E-state index contributed by atoms with van der Waals surface area (Å²) in [5.41, 5.74) is 5.31. The molecule has 7 heteroatoms. The second kappa shape index (κ2) is 5.33. The largest absolute Gasteiger partial charge is 0.378 e. The Kier molecular flexibility index (Phi) is 3.80. The summed E-state index contributed by atoms with van der Waals surface area (Å²) in [6, 6.07) is -0.655. The van der Waals surface area contributed by atoms with Crippen LogP contribution < -0.4 is 11.1 Å². The van der Waals surface area contributed by atoms with Gasteiger partial charge in [0.25, 0.3) is 0 Å². The molecule has 7 nitrogen and oxygen atoms in total. The Hall–Kier alpha value is -1.34. The van der Waals surface area contributed by atoms with E-state index in [4.69, 9.17) is 10.5 Å². The highest BCUT2D eigenvalue weighted by Gasteiger charge is 2.33. The van der Waals surface area contributed by atoms with Crippen molar-refractivity contribution in [1.82, 2.24) is 15.1 Å². The van der Waals surface area contributed by atoms with E-state index in [1.54, 1.807) is 9.80 Å². The maximum atomic E-state index is 12.2. The molecule has 2 saturated heterocycles. The zero-order valence-electron chi connectivity index (χ0n) is 9.72. The minimum Gasteiger partial charge on any atom is -0.378 e. The number of amides is 3. The van der Waals surface area contributed by atoms with E-state index in [2.05, 4.69) is 5.32 Å². The third kappa shape index (κ3) is 2.67. The lowest BCUT2D eigenvalue weighted by atomic mass is 10.2. The van der Waals surface area contributed by atoms with E-state index in [-0.39, 0.29) is 6.03 Å². The van der Waals surface area contributed by atoms with Crippen molar-refractivity contribution in [2.45, 2.75) is 6.04 Å². The van der Waals surface area contributed by atoms with E-state index in [1.165, 1.54) is 0 Å². The van der Waals surface area contributed by atoms with Crippen molar-refractivity contribution in [3.63, 3.8) is 0 Å². The average molecular weight is 242 g/mol. The normalized spacial score (nSPS) is 25.8. The minimum atomic E-state index is -0.543. The number of hydrogen-bond donors (Lipinski definition) is 2. The van der Waals surface area contributed by atoms with E-state index in [1.807, 2.05) is 0 Å². The van der Waals surface area contributed by atoms with Crippen molar-refractivity contribution < 1.29 is 14.3 Å². The predicted molar refractivity (Wildman–Crippen MR) is 60.3 cm³/mol. The van der Waals surface area contributed by atoms with E-state index in [0.29, 0.717) is 45.9 Å². The number of morpholine rings is 1. The summed E-state index contributed by atoms with van der Waals surface area (Å²) >= 11 is 0. The van der Waals surface area contributed by atoms with Gasteiger partial charge in [-0.15, -0.1) is 0 Å². The molecule has 0 radical (unpaired) electrons. The highest BCUT2D eigenvalue weighted by molar-refractivity contribution is 5.86. The van der Waals surface area contributed by atoms with Crippen LogP contribution in [0.15, 0.2) is 0 Å². The van der Waals surface area contributed by atoms with Crippen molar-refractivity contribution in [3.8, 4) is 0 Å². The molecule has 0 aromatic carbocycles. The van der Waals surface area contributed by atoms with Crippen LogP contribution >= 0.6 is 0 Å². The summed E-state index contributed by atoms with van der Waals surface area (Å²) < 4.78 is 5.20. The van der Waals surface area contributed by atoms with Gasteiger partial charge in [0.1, 0.15) is 6.04 Å². The van der Waals surface area contributed by atoms with Crippen molar-refractivity contribution in [1.29, 1.82) is 0 Å². The van der Waals surface area contributed by atoms with Gasteiger partial charge in [-0.1, -0.05) is 0 Å². The van der Waals surface area contributed by atoms with Gasteiger partial charge in [-0.2, -0.15) is 0 Å². The molecule has 0 aromatic rings. The monoisotopic (exact) mass is 242 g/mol. The highest BCUT2D eigenvalue weighted by atomic mass is 16.5. The Labute approximate surface area is 99.9 Å². The number of hydrogen-bond acceptors (Lipinski definition) is 4. The maximum absolute atomic E-state index is 12.2. The van der Waals surface area contributed by atoms with E-state index in [9.17, 15) is 9.59 Å². The number of carbonyl (C=O) groups is 2. The number of primary amides is 1. The maximum Gasteiger partial charge on any atom is 0.320 e. The van der Waals surface area contributed by atoms with E-state index >= 15 is 0 Å². The molecule has 2 aliphatic rings. The molecule has 0 aromatic heterocycles. The molecule has 1 atom stereocenters. The molecule has 2 rings (SSSR count). The molecule has 0 bridgehead atoms. The molecule has 3 N–H and O–H groups in total. The Morgan fingerprint density at radius 1 is 1.24 bits per heavy atom. The number of rotatable bonds is 1. The Morgan fingerprint density at radius 3 is 2.59 bits per heavy atom. The fourth-order valence-corrected chi connectivity index (χ4v) is 2.12. The number of nitrogens with zero attached hydrogens (tertiary/aromatic N) is 2. The average Bonchev–Trinajstić information content (AvgIpc) is 2.39. The molecular formula is C10H18N4O3. The van der Waals surface area contributed by atoms with Crippen LogP contribution in [0.5, 0.6) is 0 Å². The number of urea groups is 1. The fourth-order valence-electron chi connectivity index (χ4n) is 2.12. The molecule has 2 aliphatic heterocycles. The highest BCUT2D eigenvalue weighted by Crippen LogP contribution is 2.09. The Morgan fingerprint density at radius 2 is 1.94 bits per heavy atom. The SMILES string of the molecule is NC(=O)C1CNCCN1C(=O)N1CCOCC1. The first kappa shape index (κ1) is 12.1. The van der Waals surface area contributed by atoms with Crippen molar-refractivity contribution in [2.24, 2.45) is 5.73 Å². The number of nitrogens with two attached hydrogens (primary N) is 1. The van der Waals surface area contributed by atoms with Crippen molar-refractivity contribution in [2.75, 3.05) is 45.9 Å². The zero-order chi connectivity index (χ0) is 12.3. The van der Waals surface area contributed by atoms with Gasteiger partial charge >= 0.3 is 6.03 Å². The summed E-state index contributed by atoms with van der Waals surface area (Å²) in [6.07, 6.45) is 0. The summed E-state index contributed by atoms with van der Waals surface area (Å²) in [6.45, 7) is 3.91. The molecule has 0 spiro atoms. The molecule has 0 aliphatic carbocycles. The zero-order valence-corrected chi connectivity index (χ0v) is 9.72. The Balaban J connectivity index is 2.02. The van der Waals surface area contributed by atoms with Gasteiger partial charge < -0.3 is 25.6 Å². The van der Waals surface area contributed by atoms with Gasteiger partial charge in [-0.3, -0.25) is 4.79 Å². The topological polar surface area (TPSA) is 87.9 Å². The van der Waals surface area contributed by atoms with Crippen LogP contribution in [0.2, 0.25) is 0 Å². The number of piperazine rings is 1. The second-order valence-electron chi connectivity index (χ2n) is 4.20. The van der Waals surface area contributed by atoms with Gasteiger partial charge in [-0.05, 0) is 0 Å². The molecule has 2 heterocycles. The lowest BCUT2D eigenvalue weighted by Gasteiger charge is -2.38. The summed E-state index contributed by atoms with van der Waals surface area (Å²) in [5.74, 6) is -0.459. The third-order valence-electron chi connectivity index (χ3n) is 3.10. The van der Waals surface area contributed by atoms with Crippen molar-refractivity contribution >= 4 is 11.9 Å². The number of carbonyl (C=O) groups excluding carboxylic acids is 2. The van der Waals surface area contributed by atoms with Crippen molar-refractivity contribution in [3.05, 3.63) is 0 Å². The molecular weight excluding hydrogens is 224 g/mol. The second-order valence-corrected chi connectivity index (χ2v) is 4.20. The number of nitrogens with one attached hydrogen (secondary N) is 1. The predicted octanol–water partition coefficient (Wildman–Crippen LogP) is -1.80. The lowest BCUT2D eigenvalue weighted by Crippen LogP contribution is -2.62. The summed E-state index contributed by atoms with van der Waals surface area (Å²) in [5, 5.41) is 3.07. The van der Waals surface area contributed by atoms with Crippen LogP contribution in [-0.2, 0) is 9.53 Å². The molecule has 17 heavy (non-hydrogen) atoms. The molecule has 0 saturated carbocycles. The van der Waals surface area contributed by atoms with Gasteiger partial charge in [0.05, 0.1) is 13.2 Å². The lowest BCUT2D eigenvalue weighted by molar-refractivity contribution is -0.123. The first-order valence-corrected chi connectivity index (χ1v) is 5.83. The van der Waals surface area contributed by atoms with E-state index < -0.39 is 11.9 Å². The molecule has 2 fully saturated rings. The summed E-state index contributed by atoms with van der Waals surface area (Å²) in [7, 11) is 0. The smallest absolute Gasteiger partial charge is 0.320 e. The van der Waals surface area contributed by atoms with Gasteiger partial charge in [-0.25, -0.2) is 4.79 Å².